The van der Waals surface area contributed by atoms with Gasteiger partial charge in [0.25, 0.3) is 0 Å². The van der Waals surface area contributed by atoms with Crippen LogP contribution in [-0.2, 0) is 14.8 Å². The van der Waals surface area contributed by atoms with Crippen LogP contribution in [0.2, 0.25) is 0 Å². The van der Waals surface area contributed by atoms with Crippen molar-refractivity contribution in [2.45, 2.75) is 30.7 Å². The van der Waals surface area contributed by atoms with Crippen LogP contribution in [-0.4, -0.2) is 68.3 Å². The predicted molar refractivity (Wildman–Crippen MR) is 129 cm³/mol. The quantitative estimate of drug-likeness (QED) is 0.507. The molecule has 0 saturated carbocycles. The van der Waals surface area contributed by atoms with Gasteiger partial charge in [0.1, 0.15) is 11.9 Å². The fraction of sp³-hybridized carbons (Fsp3) is 0.391. The Hall–Kier alpha value is -2.40. The van der Waals surface area contributed by atoms with Crippen molar-refractivity contribution in [1.29, 1.82) is 0 Å². The van der Waals surface area contributed by atoms with Gasteiger partial charge >= 0.3 is 0 Å². The van der Waals surface area contributed by atoms with E-state index in [-0.39, 0.29) is 17.3 Å². The number of halogens is 1. The largest absolute Gasteiger partial charge is 0.308 e. The predicted octanol–water partition coefficient (Wildman–Crippen LogP) is 3.49. The highest BCUT2D eigenvalue weighted by molar-refractivity contribution is 7.89. The third-order valence-corrected chi connectivity index (χ3v) is 8.75. The summed E-state index contributed by atoms with van der Waals surface area (Å²) in [5.41, 5.74) is 1.87. The Bertz CT molecular complexity index is 1260. The summed E-state index contributed by atoms with van der Waals surface area (Å²) in [6, 6.07) is 9.80. The first-order chi connectivity index (χ1) is 15.7. The molecule has 1 atom stereocenters. The van der Waals surface area contributed by atoms with Crippen LogP contribution in [0.3, 0.4) is 0 Å². The summed E-state index contributed by atoms with van der Waals surface area (Å²) in [7, 11) is -0.0910. The van der Waals surface area contributed by atoms with Crippen molar-refractivity contribution < 1.29 is 17.6 Å². The first-order valence-electron chi connectivity index (χ1n) is 10.8. The number of carbonyl (C=O) groups is 1. The molecule has 2 heterocycles. The molecule has 33 heavy (non-hydrogen) atoms. The zero-order valence-corrected chi connectivity index (χ0v) is 20.5. The summed E-state index contributed by atoms with van der Waals surface area (Å²) in [6.45, 7) is 3.23. The van der Waals surface area contributed by atoms with Crippen molar-refractivity contribution >= 4 is 42.6 Å². The number of carbonyl (C=O) groups excluding carboxylic acids is 1. The molecular weight excluding hydrogens is 463 g/mol. The van der Waals surface area contributed by atoms with Gasteiger partial charge in [0, 0.05) is 19.6 Å². The number of para-hydroxylation sites is 1. The number of anilines is 1. The molecule has 1 saturated heterocycles. The van der Waals surface area contributed by atoms with Crippen LogP contribution in [0.5, 0.6) is 0 Å². The minimum absolute atomic E-state index is 0.0148. The van der Waals surface area contributed by atoms with Gasteiger partial charge in [-0.25, -0.2) is 17.8 Å². The number of hydrogen-bond donors (Lipinski definition) is 0. The maximum absolute atomic E-state index is 13.8. The fourth-order valence-electron chi connectivity index (χ4n) is 3.99. The number of hydrogen-bond acceptors (Lipinski definition) is 6. The average Bonchev–Trinajstić information content (AvgIpc) is 3.42. The van der Waals surface area contributed by atoms with E-state index in [4.69, 9.17) is 4.98 Å². The van der Waals surface area contributed by atoms with Gasteiger partial charge in [0.15, 0.2) is 5.13 Å². The van der Waals surface area contributed by atoms with E-state index in [2.05, 4.69) is 0 Å². The minimum atomic E-state index is -3.94. The first kappa shape index (κ1) is 23.7. The summed E-state index contributed by atoms with van der Waals surface area (Å²) in [5.74, 6) is -0.791. The molecule has 0 N–H and O–H groups in total. The highest BCUT2D eigenvalue weighted by Crippen LogP contribution is 2.33. The second-order valence-corrected chi connectivity index (χ2v) is 11.3. The van der Waals surface area contributed by atoms with E-state index in [1.807, 2.05) is 44.1 Å². The lowest BCUT2D eigenvalue weighted by atomic mass is 10.2. The van der Waals surface area contributed by atoms with Crippen LogP contribution in [0, 0.1) is 12.7 Å². The molecule has 1 amide bonds. The molecule has 0 aliphatic carbocycles. The summed E-state index contributed by atoms with van der Waals surface area (Å²) in [5, 5.41) is 0.567. The van der Waals surface area contributed by atoms with E-state index in [1.165, 1.54) is 27.8 Å². The third-order valence-electron chi connectivity index (χ3n) is 5.79. The minimum Gasteiger partial charge on any atom is -0.308 e. The molecule has 0 radical (unpaired) electrons. The molecule has 0 bridgehead atoms. The summed E-state index contributed by atoms with van der Waals surface area (Å²) in [4.78, 5) is 22.1. The summed E-state index contributed by atoms with van der Waals surface area (Å²) in [6.07, 6.45) is 1.01. The highest BCUT2D eigenvalue weighted by atomic mass is 32.2. The van der Waals surface area contributed by atoms with E-state index in [1.54, 1.807) is 4.90 Å². The lowest BCUT2D eigenvalue weighted by Crippen LogP contribution is -2.49. The maximum atomic E-state index is 13.8. The van der Waals surface area contributed by atoms with Gasteiger partial charge in [-0.2, -0.15) is 4.31 Å². The van der Waals surface area contributed by atoms with Crippen molar-refractivity contribution in [3.05, 3.63) is 53.8 Å². The number of rotatable bonds is 7. The molecule has 176 valence electrons. The Labute approximate surface area is 197 Å². The molecule has 10 heteroatoms. The SMILES string of the molecule is Cc1cccc2sc(N(CCN(C)C)C(=O)C3CCCN3S(=O)(=O)c3ccc(F)cc3)nc12. The Morgan fingerprint density at radius 3 is 2.58 bits per heavy atom. The maximum Gasteiger partial charge on any atom is 0.247 e. The van der Waals surface area contributed by atoms with E-state index in [0.717, 1.165) is 27.9 Å². The molecule has 1 aromatic heterocycles. The van der Waals surface area contributed by atoms with E-state index in [9.17, 15) is 17.6 Å². The molecule has 1 unspecified atom stereocenters. The van der Waals surface area contributed by atoms with Crippen LogP contribution >= 0.6 is 11.3 Å². The fourth-order valence-corrected chi connectivity index (χ4v) is 6.71. The molecule has 1 fully saturated rings. The van der Waals surface area contributed by atoms with Crippen LogP contribution in [0.15, 0.2) is 47.4 Å². The zero-order valence-electron chi connectivity index (χ0n) is 18.9. The Kier molecular flexibility index (Phi) is 6.81. The van der Waals surface area contributed by atoms with Gasteiger partial charge in [-0.05, 0) is 69.8 Å². The van der Waals surface area contributed by atoms with Crippen LogP contribution < -0.4 is 4.90 Å². The monoisotopic (exact) mass is 490 g/mol. The van der Waals surface area contributed by atoms with Gasteiger partial charge < -0.3 is 4.90 Å². The normalized spacial score (nSPS) is 17.2. The van der Waals surface area contributed by atoms with Crippen molar-refractivity contribution in [3.63, 3.8) is 0 Å². The Balaban J connectivity index is 1.68. The van der Waals surface area contributed by atoms with E-state index in [0.29, 0.717) is 31.1 Å². The first-order valence-corrected chi connectivity index (χ1v) is 13.0. The number of benzene rings is 2. The second-order valence-electron chi connectivity index (χ2n) is 8.44. The topological polar surface area (TPSA) is 73.8 Å². The van der Waals surface area contributed by atoms with Crippen molar-refractivity contribution in [2.24, 2.45) is 0 Å². The summed E-state index contributed by atoms with van der Waals surface area (Å²) >= 11 is 1.43. The average molecular weight is 491 g/mol. The number of thiazole rings is 1. The Morgan fingerprint density at radius 2 is 1.91 bits per heavy atom. The molecule has 7 nitrogen and oxygen atoms in total. The van der Waals surface area contributed by atoms with Gasteiger partial charge in [-0.3, -0.25) is 9.69 Å². The third kappa shape index (κ3) is 4.79. The molecule has 1 aliphatic rings. The lowest BCUT2D eigenvalue weighted by molar-refractivity contribution is -0.121. The second kappa shape index (κ2) is 9.46. The molecule has 4 rings (SSSR count). The van der Waals surface area contributed by atoms with Gasteiger partial charge in [0.05, 0.1) is 15.1 Å². The number of sulfonamides is 1. The Morgan fingerprint density at radius 1 is 1.18 bits per heavy atom. The smallest absolute Gasteiger partial charge is 0.247 e. The zero-order chi connectivity index (χ0) is 23.8. The highest BCUT2D eigenvalue weighted by Gasteiger charge is 2.42. The van der Waals surface area contributed by atoms with Crippen LogP contribution in [0.1, 0.15) is 18.4 Å². The number of likely N-dealkylation sites (N-methyl/N-ethyl adjacent to an activating group) is 1. The number of aromatic nitrogens is 1. The van der Waals surface area contributed by atoms with Crippen molar-refractivity contribution in [2.75, 3.05) is 38.6 Å². The number of nitrogens with zero attached hydrogens (tertiary/aromatic N) is 4. The van der Waals surface area contributed by atoms with Gasteiger partial charge in [0.2, 0.25) is 15.9 Å². The van der Waals surface area contributed by atoms with Crippen LogP contribution in [0.4, 0.5) is 9.52 Å². The van der Waals surface area contributed by atoms with Gasteiger partial charge in [-0.15, -0.1) is 0 Å². The molecule has 3 aromatic rings. The molecule has 1 aliphatic heterocycles. The van der Waals surface area contributed by atoms with E-state index >= 15 is 0 Å². The number of amides is 1. The summed E-state index contributed by atoms with van der Waals surface area (Å²) < 4.78 is 42.1. The lowest BCUT2D eigenvalue weighted by Gasteiger charge is -2.29. The standard InChI is InChI=1S/C23H27FN4O3S2/c1-16-6-4-8-20-21(16)25-23(32-20)27(15-14-26(2)3)22(29)19-7-5-13-28(19)33(30,31)18-11-9-17(24)10-12-18/h4,6,8-12,19H,5,7,13-15H2,1-3H3. The molecule has 2 aromatic carbocycles. The van der Waals surface area contributed by atoms with Crippen molar-refractivity contribution in [3.8, 4) is 0 Å². The van der Waals surface area contributed by atoms with Crippen LogP contribution in [0.25, 0.3) is 10.2 Å². The molecule has 0 spiro atoms. The van der Waals surface area contributed by atoms with Crippen molar-refractivity contribution in [1.82, 2.24) is 14.2 Å². The number of fused-ring (bicyclic) bond motifs is 1. The van der Waals surface area contributed by atoms with Gasteiger partial charge in [-0.1, -0.05) is 23.5 Å². The molecular formula is C23H27FN4O3S2. The number of aryl methyl sites for hydroxylation is 1. The van der Waals surface area contributed by atoms with E-state index < -0.39 is 21.9 Å².